The molecule has 4 heteroatoms. The molecule has 1 unspecified atom stereocenters. The lowest BCUT2D eigenvalue weighted by molar-refractivity contribution is -0.119. The number of hydrogen-bond donors (Lipinski definition) is 2. The molecule has 1 amide bonds. The molecule has 1 aromatic carbocycles. The molecule has 104 valence electrons. The highest BCUT2D eigenvalue weighted by molar-refractivity contribution is 5.96. The van der Waals surface area contributed by atoms with Gasteiger partial charge in [-0.3, -0.25) is 4.79 Å². The SMILES string of the molecule is CC(C)C(CN)CN1C(=O)CCc2cc(N)ccc21. The Bertz CT molecular complexity index is 470. The third-order valence-corrected chi connectivity index (χ3v) is 3.97. The maximum Gasteiger partial charge on any atom is 0.227 e. The Labute approximate surface area is 114 Å². The molecule has 1 aliphatic heterocycles. The normalized spacial score (nSPS) is 16.6. The second kappa shape index (κ2) is 5.61. The van der Waals surface area contributed by atoms with E-state index in [-0.39, 0.29) is 5.91 Å². The Morgan fingerprint density at radius 2 is 2.05 bits per heavy atom. The van der Waals surface area contributed by atoms with Gasteiger partial charge >= 0.3 is 0 Å². The molecule has 1 aliphatic rings. The number of carbonyl (C=O) groups excluding carboxylic acids is 1. The standard InChI is InChI=1S/C15H23N3O/c1-10(2)12(8-16)9-18-14-5-4-13(17)7-11(14)3-6-15(18)19/h4-5,7,10,12H,3,6,8-9,16-17H2,1-2H3. The van der Waals surface area contributed by atoms with E-state index in [0.29, 0.717) is 31.3 Å². The molecule has 19 heavy (non-hydrogen) atoms. The fourth-order valence-corrected chi connectivity index (χ4v) is 2.57. The highest BCUT2D eigenvalue weighted by Gasteiger charge is 2.27. The number of nitrogen functional groups attached to an aromatic ring is 1. The van der Waals surface area contributed by atoms with Crippen LogP contribution in [-0.4, -0.2) is 19.0 Å². The number of fused-ring (bicyclic) bond motifs is 1. The molecular weight excluding hydrogens is 238 g/mol. The van der Waals surface area contributed by atoms with Gasteiger partial charge in [0, 0.05) is 24.3 Å². The molecule has 0 spiro atoms. The van der Waals surface area contributed by atoms with E-state index in [2.05, 4.69) is 13.8 Å². The molecule has 1 aromatic rings. The zero-order valence-electron chi connectivity index (χ0n) is 11.7. The van der Waals surface area contributed by atoms with E-state index >= 15 is 0 Å². The molecule has 1 atom stereocenters. The van der Waals surface area contributed by atoms with E-state index in [1.807, 2.05) is 23.1 Å². The van der Waals surface area contributed by atoms with Crippen LogP contribution in [0.15, 0.2) is 18.2 Å². The summed E-state index contributed by atoms with van der Waals surface area (Å²) < 4.78 is 0. The largest absolute Gasteiger partial charge is 0.399 e. The number of nitrogens with two attached hydrogens (primary N) is 2. The molecule has 0 aromatic heterocycles. The predicted molar refractivity (Wildman–Crippen MR) is 78.9 cm³/mol. The van der Waals surface area contributed by atoms with Gasteiger partial charge in [-0.2, -0.15) is 0 Å². The Morgan fingerprint density at radius 1 is 1.32 bits per heavy atom. The molecule has 0 saturated carbocycles. The van der Waals surface area contributed by atoms with Crippen LogP contribution in [-0.2, 0) is 11.2 Å². The van der Waals surface area contributed by atoms with E-state index in [1.165, 1.54) is 5.56 Å². The van der Waals surface area contributed by atoms with Crippen LogP contribution in [0.1, 0.15) is 25.8 Å². The lowest BCUT2D eigenvalue weighted by Gasteiger charge is -2.33. The first-order chi connectivity index (χ1) is 9.02. The number of amides is 1. The van der Waals surface area contributed by atoms with Crippen molar-refractivity contribution in [3.05, 3.63) is 23.8 Å². The summed E-state index contributed by atoms with van der Waals surface area (Å²) in [5.41, 5.74) is 14.6. The van der Waals surface area contributed by atoms with Crippen molar-refractivity contribution in [2.45, 2.75) is 26.7 Å². The molecule has 1 heterocycles. The Kier molecular flexibility index (Phi) is 4.10. The first-order valence-electron chi connectivity index (χ1n) is 6.91. The predicted octanol–water partition coefficient (Wildman–Crippen LogP) is 1.78. The van der Waals surface area contributed by atoms with E-state index in [1.54, 1.807) is 0 Å². The van der Waals surface area contributed by atoms with Crippen molar-refractivity contribution in [2.24, 2.45) is 17.6 Å². The minimum Gasteiger partial charge on any atom is -0.399 e. The summed E-state index contributed by atoms with van der Waals surface area (Å²) in [5.74, 6) is 0.987. The van der Waals surface area contributed by atoms with Crippen LogP contribution >= 0.6 is 0 Å². The van der Waals surface area contributed by atoms with Gasteiger partial charge in [-0.15, -0.1) is 0 Å². The third kappa shape index (κ3) is 2.89. The summed E-state index contributed by atoms with van der Waals surface area (Å²) in [6.07, 6.45) is 1.34. The number of carbonyl (C=O) groups is 1. The lowest BCUT2D eigenvalue weighted by Crippen LogP contribution is -2.42. The van der Waals surface area contributed by atoms with Gasteiger partial charge in [0.25, 0.3) is 0 Å². The van der Waals surface area contributed by atoms with Crippen LogP contribution in [0.4, 0.5) is 11.4 Å². The van der Waals surface area contributed by atoms with Crippen molar-refractivity contribution >= 4 is 17.3 Å². The summed E-state index contributed by atoms with van der Waals surface area (Å²) >= 11 is 0. The van der Waals surface area contributed by atoms with Crippen LogP contribution in [0.2, 0.25) is 0 Å². The monoisotopic (exact) mass is 261 g/mol. The van der Waals surface area contributed by atoms with Gasteiger partial charge in [0.1, 0.15) is 0 Å². The fourth-order valence-electron chi connectivity index (χ4n) is 2.57. The van der Waals surface area contributed by atoms with Crippen molar-refractivity contribution in [3.8, 4) is 0 Å². The number of benzene rings is 1. The summed E-state index contributed by atoms with van der Waals surface area (Å²) in [7, 11) is 0. The Balaban J connectivity index is 2.27. The topological polar surface area (TPSA) is 72.3 Å². The smallest absolute Gasteiger partial charge is 0.227 e. The molecule has 0 bridgehead atoms. The zero-order chi connectivity index (χ0) is 14.0. The fraction of sp³-hybridized carbons (Fsp3) is 0.533. The molecule has 4 N–H and O–H groups in total. The average Bonchev–Trinajstić information content (AvgIpc) is 2.37. The zero-order valence-corrected chi connectivity index (χ0v) is 11.7. The molecule has 0 fully saturated rings. The van der Waals surface area contributed by atoms with E-state index in [4.69, 9.17) is 11.5 Å². The second-order valence-electron chi connectivity index (χ2n) is 5.63. The summed E-state index contributed by atoms with van der Waals surface area (Å²) in [6.45, 7) is 5.60. The Hall–Kier alpha value is -1.55. The van der Waals surface area contributed by atoms with Crippen LogP contribution in [0.25, 0.3) is 0 Å². The van der Waals surface area contributed by atoms with Crippen LogP contribution in [0, 0.1) is 11.8 Å². The second-order valence-corrected chi connectivity index (χ2v) is 5.63. The third-order valence-electron chi connectivity index (χ3n) is 3.97. The van der Waals surface area contributed by atoms with Crippen molar-refractivity contribution in [1.29, 1.82) is 0 Å². The minimum absolute atomic E-state index is 0.191. The number of aryl methyl sites for hydroxylation is 1. The van der Waals surface area contributed by atoms with Gasteiger partial charge < -0.3 is 16.4 Å². The van der Waals surface area contributed by atoms with Crippen molar-refractivity contribution < 1.29 is 4.79 Å². The van der Waals surface area contributed by atoms with Crippen molar-refractivity contribution in [3.63, 3.8) is 0 Å². The van der Waals surface area contributed by atoms with E-state index in [9.17, 15) is 4.79 Å². The van der Waals surface area contributed by atoms with Crippen LogP contribution in [0.5, 0.6) is 0 Å². The Morgan fingerprint density at radius 3 is 2.68 bits per heavy atom. The van der Waals surface area contributed by atoms with E-state index < -0.39 is 0 Å². The lowest BCUT2D eigenvalue weighted by atomic mass is 9.93. The summed E-state index contributed by atoms with van der Waals surface area (Å²) in [4.78, 5) is 14.1. The van der Waals surface area contributed by atoms with Crippen molar-refractivity contribution in [2.75, 3.05) is 23.7 Å². The van der Waals surface area contributed by atoms with Gasteiger partial charge in [-0.05, 0) is 48.6 Å². The van der Waals surface area contributed by atoms with Gasteiger partial charge in [-0.1, -0.05) is 13.8 Å². The molecule has 0 saturated heterocycles. The number of anilines is 2. The molecular formula is C15H23N3O. The molecule has 0 aliphatic carbocycles. The number of nitrogens with zero attached hydrogens (tertiary/aromatic N) is 1. The molecule has 4 nitrogen and oxygen atoms in total. The highest BCUT2D eigenvalue weighted by atomic mass is 16.2. The first-order valence-corrected chi connectivity index (χ1v) is 6.91. The van der Waals surface area contributed by atoms with Crippen molar-refractivity contribution in [1.82, 2.24) is 0 Å². The molecule has 2 rings (SSSR count). The minimum atomic E-state index is 0.191. The van der Waals surface area contributed by atoms with Gasteiger partial charge in [0.05, 0.1) is 0 Å². The van der Waals surface area contributed by atoms with Crippen LogP contribution < -0.4 is 16.4 Å². The van der Waals surface area contributed by atoms with Gasteiger partial charge in [0.2, 0.25) is 5.91 Å². The quantitative estimate of drug-likeness (QED) is 0.811. The number of hydrogen-bond acceptors (Lipinski definition) is 3. The van der Waals surface area contributed by atoms with Gasteiger partial charge in [-0.25, -0.2) is 0 Å². The highest BCUT2D eigenvalue weighted by Crippen LogP contribution is 2.30. The average molecular weight is 261 g/mol. The van der Waals surface area contributed by atoms with E-state index in [0.717, 1.165) is 17.8 Å². The summed E-state index contributed by atoms with van der Waals surface area (Å²) in [5, 5.41) is 0. The number of rotatable bonds is 4. The maximum absolute atomic E-state index is 12.2. The van der Waals surface area contributed by atoms with Gasteiger partial charge in [0.15, 0.2) is 0 Å². The molecule has 0 radical (unpaired) electrons. The first kappa shape index (κ1) is 13.9. The van der Waals surface area contributed by atoms with Crippen LogP contribution in [0.3, 0.4) is 0 Å². The summed E-state index contributed by atoms with van der Waals surface area (Å²) in [6, 6.07) is 5.79. The maximum atomic E-state index is 12.2.